The second-order valence-corrected chi connectivity index (χ2v) is 6.65. The number of rotatable bonds is 0. The second-order valence-electron chi connectivity index (χ2n) is 6.65. The van der Waals surface area contributed by atoms with Gasteiger partial charge in [-0.25, -0.2) is 4.79 Å². The molecule has 0 aliphatic carbocycles. The molecule has 112 valence electrons. The first-order valence-electron chi connectivity index (χ1n) is 6.97. The monoisotopic (exact) mass is 282 g/mol. The van der Waals surface area contributed by atoms with Crippen LogP contribution in [0.5, 0.6) is 0 Å². The number of hydrogen-bond acceptors (Lipinski definition) is 4. The first-order valence-corrected chi connectivity index (χ1v) is 6.97. The molecule has 20 heavy (non-hydrogen) atoms. The smallest absolute Gasteiger partial charge is 0.410 e. The quantitative estimate of drug-likeness (QED) is 0.670. The van der Waals surface area contributed by atoms with Crippen molar-refractivity contribution in [1.82, 2.24) is 9.80 Å². The molecule has 0 radical (unpaired) electrons. The molecule has 2 aliphatic rings. The van der Waals surface area contributed by atoms with Gasteiger partial charge in [-0.15, -0.1) is 0 Å². The van der Waals surface area contributed by atoms with E-state index in [-0.39, 0.29) is 29.7 Å². The van der Waals surface area contributed by atoms with Crippen LogP contribution < -0.4 is 0 Å². The van der Waals surface area contributed by atoms with Crippen LogP contribution in [-0.4, -0.2) is 52.9 Å². The van der Waals surface area contributed by atoms with Crippen LogP contribution in [0.25, 0.3) is 0 Å². The van der Waals surface area contributed by atoms with Crippen LogP contribution in [0.4, 0.5) is 4.79 Å². The summed E-state index contributed by atoms with van der Waals surface area (Å²) >= 11 is 0. The maximum absolute atomic E-state index is 12.2. The van der Waals surface area contributed by atoms with Crippen molar-refractivity contribution in [3.63, 3.8) is 0 Å². The van der Waals surface area contributed by atoms with Crippen molar-refractivity contribution in [1.29, 1.82) is 0 Å². The van der Waals surface area contributed by atoms with Gasteiger partial charge in [0.25, 0.3) is 0 Å². The van der Waals surface area contributed by atoms with Gasteiger partial charge in [0.1, 0.15) is 5.60 Å². The number of piperidine rings is 2. The molecule has 0 aromatic carbocycles. The van der Waals surface area contributed by atoms with Crippen LogP contribution in [-0.2, 0) is 14.3 Å². The van der Waals surface area contributed by atoms with Crippen LogP contribution in [0.15, 0.2) is 0 Å². The zero-order valence-electron chi connectivity index (χ0n) is 12.5. The molecule has 6 nitrogen and oxygen atoms in total. The summed E-state index contributed by atoms with van der Waals surface area (Å²) in [5, 5.41) is 0. The molecule has 2 heterocycles. The van der Waals surface area contributed by atoms with Crippen molar-refractivity contribution in [2.45, 2.75) is 39.7 Å². The van der Waals surface area contributed by atoms with Gasteiger partial charge in [-0.1, -0.05) is 0 Å². The summed E-state index contributed by atoms with van der Waals surface area (Å²) in [6.07, 6.45) is 0.373. The molecule has 0 spiro atoms. The molecule has 2 atom stereocenters. The number of likely N-dealkylation sites (tertiary alicyclic amines) is 2. The van der Waals surface area contributed by atoms with Gasteiger partial charge in [-0.2, -0.15) is 0 Å². The first kappa shape index (κ1) is 14.8. The molecule has 2 unspecified atom stereocenters. The predicted octanol–water partition coefficient (Wildman–Crippen LogP) is 1.25. The average Bonchev–Trinajstić information content (AvgIpc) is 2.31. The van der Waals surface area contributed by atoms with Gasteiger partial charge in [0.2, 0.25) is 11.8 Å². The second kappa shape index (κ2) is 5.07. The number of imide groups is 1. The number of carbonyl (C=O) groups is 3. The summed E-state index contributed by atoms with van der Waals surface area (Å²) in [6, 6.07) is 0. The summed E-state index contributed by atoms with van der Waals surface area (Å²) in [7, 11) is 0. The van der Waals surface area contributed by atoms with E-state index in [2.05, 4.69) is 0 Å². The van der Waals surface area contributed by atoms with Crippen LogP contribution in [0.2, 0.25) is 0 Å². The number of ether oxygens (including phenoxy) is 1. The fraction of sp³-hybridized carbons (Fsp3) is 0.786. The molecule has 0 saturated carbocycles. The zero-order valence-corrected chi connectivity index (χ0v) is 12.5. The van der Waals surface area contributed by atoms with Crippen molar-refractivity contribution in [2.75, 3.05) is 19.6 Å². The zero-order chi connectivity index (χ0) is 15.1. The lowest BCUT2D eigenvalue weighted by atomic mass is 9.84. The normalized spacial score (nSPS) is 26.5. The molecule has 2 bridgehead atoms. The van der Waals surface area contributed by atoms with E-state index in [1.807, 2.05) is 20.8 Å². The van der Waals surface area contributed by atoms with Gasteiger partial charge in [0, 0.05) is 26.6 Å². The lowest BCUT2D eigenvalue weighted by molar-refractivity contribution is -0.153. The molecule has 0 aromatic heterocycles. The van der Waals surface area contributed by atoms with E-state index in [1.165, 1.54) is 11.8 Å². The fourth-order valence-corrected chi connectivity index (χ4v) is 2.84. The van der Waals surface area contributed by atoms with Gasteiger partial charge >= 0.3 is 6.09 Å². The third-order valence-electron chi connectivity index (χ3n) is 3.63. The van der Waals surface area contributed by atoms with Crippen molar-refractivity contribution < 1.29 is 19.1 Å². The summed E-state index contributed by atoms with van der Waals surface area (Å²) in [5.41, 5.74) is -0.543. The Labute approximate surface area is 119 Å². The Morgan fingerprint density at radius 1 is 1.20 bits per heavy atom. The van der Waals surface area contributed by atoms with Crippen molar-refractivity contribution in [3.05, 3.63) is 0 Å². The number of fused-ring (bicyclic) bond motifs is 2. The maximum atomic E-state index is 12.2. The largest absolute Gasteiger partial charge is 0.444 e. The molecule has 6 heteroatoms. The minimum atomic E-state index is -0.543. The van der Waals surface area contributed by atoms with Crippen LogP contribution in [0.3, 0.4) is 0 Å². The SMILES string of the molecule is CC(=O)N1CC2CC(CN(C(=O)OC(C)(C)C)C2)C1=O. The lowest BCUT2D eigenvalue weighted by Crippen LogP contribution is -2.58. The molecule has 2 aliphatic heterocycles. The third-order valence-corrected chi connectivity index (χ3v) is 3.63. The van der Waals surface area contributed by atoms with Gasteiger partial charge in [-0.05, 0) is 33.1 Å². The van der Waals surface area contributed by atoms with Crippen molar-refractivity contribution in [2.24, 2.45) is 11.8 Å². The standard InChI is InChI=1S/C14H22N2O4/c1-9(17)16-7-10-5-11(12(16)18)8-15(6-10)13(19)20-14(2,3)4/h10-11H,5-8H2,1-4H3. The summed E-state index contributed by atoms with van der Waals surface area (Å²) in [4.78, 5) is 38.6. The highest BCUT2D eigenvalue weighted by atomic mass is 16.6. The number of hydrogen-bond donors (Lipinski definition) is 0. The molecule has 2 fully saturated rings. The Kier molecular flexibility index (Phi) is 3.75. The Bertz CT molecular complexity index is 441. The topological polar surface area (TPSA) is 66.9 Å². The molecule has 3 amide bonds. The summed E-state index contributed by atoms with van der Waals surface area (Å²) in [5.74, 6) is -0.501. The molecule has 0 aromatic rings. The van der Waals surface area contributed by atoms with Crippen molar-refractivity contribution >= 4 is 17.9 Å². The average molecular weight is 282 g/mol. The minimum absolute atomic E-state index is 0.155. The molecular formula is C14H22N2O4. The number of carbonyl (C=O) groups excluding carboxylic acids is 3. The summed E-state index contributed by atoms with van der Waals surface area (Å²) < 4.78 is 5.35. The molecule has 2 saturated heterocycles. The predicted molar refractivity (Wildman–Crippen MR) is 71.8 cm³/mol. The van der Waals surface area contributed by atoms with Gasteiger partial charge < -0.3 is 9.64 Å². The molecule has 0 N–H and O–H groups in total. The highest BCUT2D eigenvalue weighted by molar-refractivity contribution is 5.96. The van der Waals surface area contributed by atoms with E-state index < -0.39 is 5.60 Å². The Balaban J connectivity index is 2.05. The Morgan fingerprint density at radius 3 is 2.40 bits per heavy atom. The Hall–Kier alpha value is -1.59. The summed E-state index contributed by atoms with van der Waals surface area (Å²) in [6.45, 7) is 8.15. The molecule has 2 rings (SSSR count). The number of nitrogens with zero attached hydrogens (tertiary/aromatic N) is 2. The van der Waals surface area contributed by atoms with E-state index >= 15 is 0 Å². The first-order chi connectivity index (χ1) is 9.17. The van der Waals surface area contributed by atoms with Gasteiger partial charge in [0.15, 0.2) is 0 Å². The van der Waals surface area contributed by atoms with E-state index in [4.69, 9.17) is 4.74 Å². The highest BCUT2D eigenvalue weighted by Gasteiger charge is 2.43. The minimum Gasteiger partial charge on any atom is -0.444 e. The van der Waals surface area contributed by atoms with E-state index in [0.717, 1.165) is 6.42 Å². The van der Waals surface area contributed by atoms with Crippen LogP contribution >= 0.6 is 0 Å². The van der Waals surface area contributed by atoms with Crippen molar-refractivity contribution in [3.8, 4) is 0 Å². The lowest BCUT2D eigenvalue weighted by Gasteiger charge is -2.44. The maximum Gasteiger partial charge on any atom is 0.410 e. The molecular weight excluding hydrogens is 260 g/mol. The highest BCUT2D eigenvalue weighted by Crippen LogP contribution is 2.30. The van der Waals surface area contributed by atoms with Gasteiger partial charge in [0.05, 0.1) is 5.92 Å². The van der Waals surface area contributed by atoms with E-state index in [0.29, 0.717) is 19.6 Å². The number of amides is 3. The third kappa shape index (κ3) is 3.11. The fourth-order valence-electron chi connectivity index (χ4n) is 2.84. The Morgan fingerprint density at radius 2 is 1.85 bits per heavy atom. The van der Waals surface area contributed by atoms with Crippen LogP contribution in [0, 0.1) is 11.8 Å². The van der Waals surface area contributed by atoms with Gasteiger partial charge in [-0.3, -0.25) is 14.5 Å². The van der Waals surface area contributed by atoms with E-state index in [1.54, 1.807) is 4.90 Å². The van der Waals surface area contributed by atoms with E-state index in [9.17, 15) is 14.4 Å². The van der Waals surface area contributed by atoms with Crippen LogP contribution in [0.1, 0.15) is 34.1 Å².